The second-order valence-electron chi connectivity index (χ2n) is 10.5. The van der Waals surface area contributed by atoms with Crippen molar-refractivity contribution < 1.29 is 15.0 Å². The van der Waals surface area contributed by atoms with Gasteiger partial charge >= 0.3 is 5.97 Å². The monoisotopic (exact) mass is 468 g/mol. The number of unbranched alkanes of at least 4 members (excludes halogenated alkanes) is 22. The third-order valence-electron chi connectivity index (χ3n) is 7.07. The van der Waals surface area contributed by atoms with Gasteiger partial charge in [0.1, 0.15) is 0 Å². The number of carboxylic acids is 1. The average molecular weight is 469 g/mol. The Balaban J connectivity index is 3.14. The van der Waals surface area contributed by atoms with Crippen LogP contribution in [0.15, 0.2) is 0 Å². The maximum absolute atomic E-state index is 10.4. The second kappa shape index (κ2) is 27.7. The number of aliphatic hydroxyl groups excluding tert-OH is 1. The second-order valence-corrected chi connectivity index (χ2v) is 10.5. The molecule has 0 aliphatic carbocycles. The molecule has 0 fully saturated rings. The number of carboxylic acid groups (broad SMARTS) is 1. The topological polar surface area (TPSA) is 57.5 Å². The van der Waals surface area contributed by atoms with Crippen molar-refractivity contribution in [2.24, 2.45) is 0 Å². The normalized spacial score (nSPS) is 12.3. The Morgan fingerprint density at radius 2 is 0.758 bits per heavy atom. The lowest BCUT2D eigenvalue weighted by Gasteiger charge is -2.10. The molecule has 0 saturated heterocycles. The Bertz CT molecular complexity index is 383. The number of rotatable bonds is 28. The van der Waals surface area contributed by atoms with E-state index in [9.17, 15) is 9.90 Å². The van der Waals surface area contributed by atoms with Crippen LogP contribution in [0.3, 0.4) is 0 Å². The van der Waals surface area contributed by atoms with E-state index in [0.717, 1.165) is 38.5 Å². The first-order chi connectivity index (χ1) is 16.2. The lowest BCUT2D eigenvalue weighted by molar-refractivity contribution is -0.137. The maximum atomic E-state index is 10.4. The highest BCUT2D eigenvalue weighted by molar-refractivity contribution is 5.66. The van der Waals surface area contributed by atoms with Gasteiger partial charge in [-0.2, -0.15) is 0 Å². The molecule has 0 amide bonds. The van der Waals surface area contributed by atoms with Crippen molar-refractivity contribution in [2.45, 2.75) is 186 Å². The Morgan fingerprint density at radius 1 is 0.485 bits per heavy atom. The first-order valence-electron chi connectivity index (χ1n) is 15.1. The summed E-state index contributed by atoms with van der Waals surface area (Å²) < 4.78 is 0. The molecule has 3 nitrogen and oxygen atoms in total. The SMILES string of the molecule is CCCCCCCCCCCCCCCCCCC(O)CCCCCCCCCCC(=O)O. The van der Waals surface area contributed by atoms with E-state index in [0.29, 0.717) is 6.42 Å². The summed E-state index contributed by atoms with van der Waals surface area (Å²) in [5.74, 6) is -0.673. The first kappa shape index (κ1) is 32.4. The standard InChI is InChI=1S/C30H60O3/c1-2-3-4-5-6-7-8-9-10-11-12-13-14-17-20-23-26-29(31)27-24-21-18-15-16-19-22-25-28-30(32)33/h29,31H,2-28H2,1H3,(H,32,33). The van der Waals surface area contributed by atoms with Crippen LogP contribution in [-0.2, 0) is 4.79 Å². The molecule has 0 heterocycles. The first-order valence-corrected chi connectivity index (χ1v) is 15.1. The summed E-state index contributed by atoms with van der Waals surface area (Å²) in [6, 6.07) is 0. The van der Waals surface area contributed by atoms with Crippen LogP contribution in [0.1, 0.15) is 180 Å². The number of hydrogen-bond donors (Lipinski definition) is 2. The van der Waals surface area contributed by atoms with Gasteiger partial charge in [-0.15, -0.1) is 0 Å². The Kier molecular flexibility index (Phi) is 27.2. The van der Waals surface area contributed by atoms with Gasteiger partial charge in [0, 0.05) is 6.42 Å². The fourth-order valence-electron chi connectivity index (χ4n) is 4.79. The van der Waals surface area contributed by atoms with Gasteiger partial charge in [-0.25, -0.2) is 0 Å². The molecule has 0 rings (SSSR count). The van der Waals surface area contributed by atoms with Crippen LogP contribution >= 0.6 is 0 Å². The largest absolute Gasteiger partial charge is 0.481 e. The molecule has 0 radical (unpaired) electrons. The number of carbonyl (C=O) groups is 1. The lowest BCUT2D eigenvalue weighted by atomic mass is 10.0. The van der Waals surface area contributed by atoms with Crippen molar-refractivity contribution in [3.63, 3.8) is 0 Å². The van der Waals surface area contributed by atoms with Crippen LogP contribution in [0.2, 0.25) is 0 Å². The van der Waals surface area contributed by atoms with Gasteiger partial charge in [0.05, 0.1) is 6.10 Å². The summed E-state index contributed by atoms with van der Waals surface area (Å²) in [4.78, 5) is 10.4. The minimum absolute atomic E-state index is 0.0901. The predicted octanol–water partition coefficient (Wildman–Crippen LogP) is 9.98. The molecule has 1 unspecified atom stereocenters. The highest BCUT2D eigenvalue weighted by Crippen LogP contribution is 2.16. The molecule has 0 saturated carbocycles. The van der Waals surface area contributed by atoms with Crippen molar-refractivity contribution in [1.82, 2.24) is 0 Å². The van der Waals surface area contributed by atoms with Crippen molar-refractivity contribution in [3.8, 4) is 0 Å². The zero-order chi connectivity index (χ0) is 24.2. The maximum Gasteiger partial charge on any atom is 0.303 e. The van der Waals surface area contributed by atoms with E-state index in [-0.39, 0.29) is 6.10 Å². The third-order valence-corrected chi connectivity index (χ3v) is 7.07. The van der Waals surface area contributed by atoms with E-state index in [1.54, 1.807) is 0 Å². The van der Waals surface area contributed by atoms with E-state index in [2.05, 4.69) is 6.92 Å². The highest BCUT2D eigenvalue weighted by atomic mass is 16.4. The van der Waals surface area contributed by atoms with Crippen LogP contribution in [-0.4, -0.2) is 22.3 Å². The summed E-state index contributed by atoms with van der Waals surface area (Å²) in [7, 11) is 0. The van der Waals surface area contributed by atoms with Gasteiger partial charge < -0.3 is 10.2 Å². The van der Waals surface area contributed by atoms with Gasteiger partial charge in [-0.3, -0.25) is 4.79 Å². The van der Waals surface area contributed by atoms with Gasteiger partial charge in [-0.05, 0) is 19.3 Å². The van der Waals surface area contributed by atoms with Crippen LogP contribution in [0.4, 0.5) is 0 Å². The summed E-state index contributed by atoms with van der Waals surface area (Å²) in [6.45, 7) is 2.29. The van der Waals surface area contributed by atoms with Gasteiger partial charge in [0.2, 0.25) is 0 Å². The highest BCUT2D eigenvalue weighted by Gasteiger charge is 2.04. The number of hydrogen-bond acceptors (Lipinski definition) is 2. The molecule has 198 valence electrons. The van der Waals surface area contributed by atoms with Gasteiger partial charge in [0.15, 0.2) is 0 Å². The molecule has 1 atom stereocenters. The Morgan fingerprint density at radius 3 is 1.06 bits per heavy atom. The molecule has 0 aromatic heterocycles. The molecule has 0 bridgehead atoms. The predicted molar refractivity (Wildman–Crippen MR) is 144 cm³/mol. The van der Waals surface area contributed by atoms with Gasteiger partial charge in [0.25, 0.3) is 0 Å². The van der Waals surface area contributed by atoms with Crippen molar-refractivity contribution in [3.05, 3.63) is 0 Å². The molecule has 0 spiro atoms. The quantitative estimate of drug-likeness (QED) is 0.112. The molecule has 0 aliphatic rings. The molecular weight excluding hydrogens is 408 g/mol. The summed E-state index contributed by atoms with van der Waals surface area (Å²) in [6.07, 6.45) is 33.7. The van der Waals surface area contributed by atoms with Crippen LogP contribution in [0.5, 0.6) is 0 Å². The van der Waals surface area contributed by atoms with Crippen LogP contribution in [0, 0.1) is 0 Å². The molecule has 0 aliphatic heterocycles. The minimum Gasteiger partial charge on any atom is -0.481 e. The average Bonchev–Trinajstić information content (AvgIpc) is 2.79. The van der Waals surface area contributed by atoms with Crippen molar-refractivity contribution in [1.29, 1.82) is 0 Å². The molecule has 33 heavy (non-hydrogen) atoms. The van der Waals surface area contributed by atoms with E-state index in [1.165, 1.54) is 128 Å². The van der Waals surface area contributed by atoms with Crippen molar-refractivity contribution in [2.75, 3.05) is 0 Å². The summed E-state index contributed by atoms with van der Waals surface area (Å²) in [5.41, 5.74) is 0. The Hall–Kier alpha value is -0.570. The minimum atomic E-state index is -0.673. The third kappa shape index (κ3) is 29.4. The van der Waals surface area contributed by atoms with E-state index >= 15 is 0 Å². The lowest BCUT2D eigenvalue weighted by Crippen LogP contribution is -2.05. The summed E-state index contributed by atoms with van der Waals surface area (Å²) >= 11 is 0. The fourth-order valence-corrected chi connectivity index (χ4v) is 4.79. The van der Waals surface area contributed by atoms with Crippen molar-refractivity contribution >= 4 is 5.97 Å². The number of aliphatic carboxylic acids is 1. The Labute approximate surface area is 207 Å². The molecular formula is C30H60O3. The van der Waals surface area contributed by atoms with E-state index < -0.39 is 5.97 Å². The van der Waals surface area contributed by atoms with Gasteiger partial charge in [-0.1, -0.05) is 155 Å². The molecule has 0 aromatic carbocycles. The smallest absolute Gasteiger partial charge is 0.303 e. The zero-order valence-corrected chi connectivity index (χ0v) is 22.5. The molecule has 0 aromatic rings. The zero-order valence-electron chi connectivity index (χ0n) is 22.5. The van der Waals surface area contributed by atoms with E-state index in [4.69, 9.17) is 5.11 Å². The summed E-state index contributed by atoms with van der Waals surface area (Å²) in [5, 5.41) is 18.8. The van der Waals surface area contributed by atoms with E-state index in [1.807, 2.05) is 0 Å². The number of aliphatic hydroxyl groups is 1. The van der Waals surface area contributed by atoms with Crippen LogP contribution in [0.25, 0.3) is 0 Å². The van der Waals surface area contributed by atoms with Crippen LogP contribution < -0.4 is 0 Å². The molecule has 3 heteroatoms. The fraction of sp³-hybridized carbons (Fsp3) is 0.967. The molecule has 2 N–H and O–H groups in total.